The number of nitrogens with zero attached hydrogens (tertiary/aromatic N) is 3. The molecule has 0 spiro atoms. The number of amides is 1. The third-order valence-electron chi connectivity index (χ3n) is 2.83. The van der Waals surface area contributed by atoms with E-state index in [4.69, 9.17) is 5.73 Å². The number of anilines is 2. The standard InChI is InChI=1S/C13H19N5OS2/c1-7(2)16-13-17-11(14)10(21-13)12(19)18(4)5-9-8(3)15-6-20-9/h6-7H,5,14H2,1-4H3,(H,16,17). The van der Waals surface area contributed by atoms with Crippen LogP contribution in [0.25, 0.3) is 0 Å². The molecule has 114 valence electrons. The summed E-state index contributed by atoms with van der Waals surface area (Å²) in [7, 11) is 1.76. The van der Waals surface area contributed by atoms with Crippen molar-refractivity contribution in [2.45, 2.75) is 33.4 Å². The van der Waals surface area contributed by atoms with Crippen molar-refractivity contribution in [1.82, 2.24) is 14.9 Å². The molecule has 6 nitrogen and oxygen atoms in total. The van der Waals surface area contributed by atoms with Gasteiger partial charge in [0.25, 0.3) is 5.91 Å². The molecule has 0 aromatic carbocycles. The second kappa shape index (κ2) is 6.40. The number of hydrogen-bond donors (Lipinski definition) is 2. The van der Waals surface area contributed by atoms with Crippen LogP contribution in [0.4, 0.5) is 10.9 Å². The summed E-state index contributed by atoms with van der Waals surface area (Å²) >= 11 is 2.84. The largest absolute Gasteiger partial charge is 0.382 e. The normalized spacial score (nSPS) is 10.9. The predicted octanol–water partition coefficient (Wildman–Crippen LogP) is 2.58. The quantitative estimate of drug-likeness (QED) is 0.882. The van der Waals surface area contributed by atoms with Crippen molar-refractivity contribution >= 4 is 39.5 Å². The van der Waals surface area contributed by atoms with Crippen molar-refractivity contribution in [2.75, 3.05) is 18.1 Å². The van der Waals surface area contributed by atoms with E-state index in [1.807, 2.05) is 20.8 Å². The highest BCUT2D eigenvalue weighted by molar-refractivity contribution is 7.18. The molecule has 0 bridgehead atoms. The second-order valence-corrected chi connectivity index (χ2v) is 6.99. The van der Waals surface area contributed by atoms with Gasteiger partial charge in [0.2, 0.25) is 0 Å². The topological polar surface area (TPSA) is 84.1 Å². The molecule has 0 fully saturated rings. The Bertz CT molecular complexity index is 634. The first-order valence-corrected chi connectivity index (χ1v) is 8.25. The molecule has 0 unspecified atom stereocenters. The zero-order chi connectivity index (χ0) is 15.6. The number of hydrogen-bond acceptors (Lipinski definition) is 7. The van der Waals surface area contributed by atoms with Gasteiger partial charge in [-0.15, -0.1) is 11.3 Å². The average Bonchev–Trinajstić information content (AvgIpc) is 2.95. The van der Waals surface area contributed by atoms with E-state index in [0.717, 1.165) is 10.6 Å². The summed E-state index contributed by atoms with van der Waals surface area (Å²) in [5.74, 6) is 0.163. The lowest BCUT2D eigenvalue weighted by atomic mass is 10.3. The van der Waals surface area contributed by atoms with Gasteiger partial charge >= 0.3 is 0 Å². The number of aryl methyl sites for hydroxylation is 1. The Balaban J connectivity index is 2.12. The summed E-state index contributed by atoms with van der Waals surface area (Å²) in [5, 5.41) is 3.84. The minimum absolute atomic E-state index is 0.116. The monoisotopic (exact) mass is 325 g/mol. The van der Waals surface area contributed by atoms with Crippen LogP contribution in [0.2, 0.25) is 0 Å². The summed E-state index contributed by atoms with van der Waals surface area (Å²) in [6.45, 7) is 6.49. The molecule has 2 rings (SSSR count). The maximum atomic E-state index is 12.5. The highest BCUT2D eigenvalue weighted by atomic mass is 32.1. The Morgan fingerprint density at radius 2 is 2.24 bits per heavy atom. The van der Waals surface area contributed by atoms with Gasteiger partial charge in [0.15, 0.2) is 5.13 Å². The molecule has 0 aliphatic heterocycles. The Labute approximate surface area is 132 Å². The molecule has 0 radical (unpaired) electrons. The molecule has 3 N–H and O–H groups in total. The average molecular weight is 325 g/mol. The minimum atomic E-state index is -0.116. The molecule has 2 aromatic heterocycles. The number of carbonyl (C=O) groups excluding carboxylic acids is 1. The van der Waals surface area contributed by atoms with Crippen LogP contribution < -0.4 is 11.1 Å². The first-order valence-electron chi connectivity index (χ1n) is 6.55. The summed E-state index contributed by atoms with van der Waals surface area (Å²) in [5.41, 5.74) is 8.61. The summed E-state index contributed by atoms with van der Waals surface area (Å²) in [6.07, 6.45) is 0. The highest BCUT2D eigenvalue weighted by Gasteiger charge is 2.21. The van der Waals surface area contributed by atoms with Gasteiger partial charge in [-0.25, -0.2) is 9.97 Å². The van der Waals surface area contributed by atoms with Crippen molar-refractivity contribution in [3.63, 3.8) is 0 Å². The molecule has 0 aliphatic carbocycles. The fourth-order valence-corrected chi connectivity index (χ4v) is 3.59. The van der Waals surface area contributed by atoms with Crippen LogP contribution in [-0.4, -0.2) is 33.9 Å². The maximum absolute atomic E-state index is 12.5. The molecule has 0 saturated carbocycles. The van der Waals surface area contributed by atoms with E-state index < -0.39 is 0 Å². The van der Waals surface area contributed by atoms with E-state index in [0.29, 0.717) is 16.6 Å². The smallest absolute Gasteiger partial charge is 0.267 e. The van der Waals surface area contributed by atoms with E-state index in [9.17, 15) is 4.79 Å². The Kier molecular flexibility index (Phi) is 4.79. The number of nitrogens with one attached hydrogen (secondary N) is 1. The molecule has 0 saturated heterocycles. The van der Waals surface area contributed by atoms with E-state index in [2.05, 4.69) is 15.3 Å². The third-order valence-corrected chi connectivity index (χ3v) is 4.74. The molecule has 2 aromatic rings. The van der Waals surface area contributed by atoms with Gasteiger partial charge in [-0.3, -0.25) is 4.79 Å². The summed E-state index contributed by atoms with van der Waals surface area (Å²) in [4.78, 5) is 24.1. The lowest BCUT2D eigenvalue weighted by molar-refractivity contribution is 0.0792. The van der Waals surface area contributed by atoms with E-state index in [-0.39, 0.29) is 17.8 Å². The zero-order valence-corrected chi connectivity index (χ0v) is 14.1. The van der Waals surface area contributed by atoms with E-state index >= 15 is 0 Å². The van der Waals surface area contributed by atoms with Gasteiger partial charge in [0, 0.05) is 18.0 Å². The van der Waals surface area contributed by atoms with Crippen molar-refractivity contribution in [3.8, 4) is 0 Å². The van der Waals surface area contributed by atoms with Gasteiger partial charge in [0.05, 0.1) is 17.7 Å². The van der Waals surface area contributed by atoms with Gasteiger partial charge in [-0.1, -0.05) is 11.3 Å². The number of thiazole rings is 2. The van der Waals surface area contributed by atoms with Crippen LogP contribution in [0.3, 0.4) is 0 Å². The fourth-order valence-electron chi connectivity index (χ4n) is 1.73. The number of nitrogen functional groups attached to an aromatic ring is 1. The molecular weight excluding hydrogens is 306 g/mol. The van der Waals surface area contributed by atoms with Crippen LogP contribution in [0, 0.1) is 6.92 Å². The maximum Gasteiger partial charge on any atom is 0.267 e. The van der Waals surface area contributed by atoms with E-state index in [1.54, 1.807) is 28.8 Å². The molecule has 2 heterocycles. The highest BCUT2D eigenvalue weighted by Crippen LogP contribution is 2.27. The number of rotatable bonds is 5. The van der Waals surface area contributed by atoms with Gasteiger partial charge < -0.3 is 16.0 Å². The van der Waals surface area contributed by atoms with Crippen LogP contribution in [0.1, 0.15) is 34.1 Å². The number of nitrogens with two attached hydrogens (primary N) is 1. The van der Waals surface area contributed by atoms with Crippen LogP contribution >= 0.6 is 22.7 Å². The van der Waals surface area contributed by atoms with Gasteiger partial charge in [-0.05, 0) is 20.8 Å². The number of aromatic nitrogens is 2. The molecule has 1 amide bonds. The van der Waals surface area contributed by atoms with Crippen LogP contribution in [-0.2, 0) is 6.54 Å². The molecule has 0 atom stereocenters. The molecule has 8 heteroatoms. The minimum Gasteiger partial charge on any atom is -0.382 e. The van der Waals surface area contributed by atoms with Crippen molar-refractivity contribution in [2.24, 2.45) is 0 Å². The molecule has 0 aliphatic rings. The summed E-state index contributed by atoms with van der Waals surface area (Å²) < 4.78 is 0. The van der Waals surface area contributed by atoms with Crippen molar-refractivity contribution in [3.05, 3.63) is 21.0 Å². The van der Waals surface area contributed by atoms with Gasteiger partial charge in [0.1, 0.15) is 10.7 Å². The van der Waals surface area contributed by atoms with Crippen molar-refractivity contribution < 1.29 is 4.79 Å². The predicted molar refractivity (Wildman–Crippen MR) is 87.9 cm³/mol. The Morgan fingerprint density at radius 1 is 1.52 bits per heavy atom. The first-order chi connectivity index (χ1) is 9.88. The molecule has 21 heavy (non-hydrogen) atoms. The lowest BCUT2D eigenvalue weighted by Gasteiger charge is -2.15. The fraction of sp³-hybridized carbons (Fsp3) is 0.462. The summed E-state index contributed by atoms with van der Waals surface area (Å²) in [6, 6.07) is 0.246. The lowest BCUT2D eigenvalue weighted by Crippen LogP contribution is -2.26. The molecular formula is C13H19N5OS2. The van der Waals surface area contributed by atoms with Crippen molar-refractivity contribution in [1.29, 1.82) is 0 Å². The van der Waals surface area contributed by atoms with Crippen LogP contribution in [0.5, 0.6) is 0 Å². The van der Waals surface area contributed by atoms with Crippen LogP contribution in [0.15, 0.2) is 5.51 Å². The SMILES string of the molecule is Cc1ncsc1CN(C)C(=O)c1sc(NC(C)C)nc1N. The Morgan fingerprint density at radius 3 is 2.81 bits per heavy atom. The second-order valence-electron chi connectivity index (χ2n) is 5.05. The first kappa shape index (κ1) is 15.7. The zero-order valence-electron chi connectivity index (χ0n) is 12.5. The van der Waals surface area contributed by atoms with E-state index in [1.165, 1.54) is 11.3 Å². The Hall–Kier alpha value is -1.67. The third kappa shape index (κ3) is 3.70. The number of carbonyl (C=O) groups is 1. The van der Waals surface area contributed by atoms with Gasteiger partial charge in [-0.2, -0.15) is 0 Å².